The van der Waals surface area contributed by atoms with Crippen molar-refractivity contribution in [3.05, 3.63) is 46.6 Å². The summed E-state index contributed by atoms with van der Waals surface area (Å²) in [5.74, 6) is 1.18. The topological polar surface area (TPSA) is 62.5 Å². The molecule has 0 aliphatic carbocycles. The van der Waals surface area contributed by atoms with E-state index >= 15 is 0 Å². The highest BCUT2D eigenvalue weighted by molar-refractivity contribution is 5.80. The van der Waals surface area contributed by atoms with Gasteiger partial charge >= 0.3 is 0 Å². The number of piperidine rings is 1. The first-order chi connectivity index (χ1) is 12.5. The number of nitrogens with zero attached hydrogens (tertiary/aromatic N) is 4. The van der Waals surface area contributed by atoms with Crippen LogP contribution in [0.4, 0.5) is 0 Å². The van der Waals surface area contributed by atoms with E-state index in [2.05, 4.69) is 32.1 Å². The maximum Gasteiger partial charge on any atom is 0.227 e. The summed E-state index contributed by atoms with van der Waals surface area (Å²) in [5.41, 5.74) is 4.06. The van der Waals surface area contributed by atoms with Crippen molar-refractivity contribution in [2.24, 2.45) is 5.92 Å². The quantitative estimate of drug-likeness (QED) is 0.845. The highest BCUT2D eigenvalue weighted by atomic mass is 16.5. The molecule has 6 nitrogen and oxygen atoms in total. The SMILES string of the molecule is Cc1cccc(CN2C[C@@H]3CC[C@H](C2)N(Cc2c(C)noc2C)C3=O)n1. The molecular formula is C20H26N4O2. The Morgan fingerprint density at radius 3 is 2.73 bits per heavy atom. The minimum atomic E-state index is 0.0824. The lowest BCUT2D eigenvalue weighted by Gasteiger charge is -2.36. The number of hydrogen-bond donors (Lipinski definition) is 0. The van der Waals surface area contributed by atoms with E-state index in [1.807, 2.05) is 26.8 Å². The number of hydrogen-bond acceptors (Lipinski definition) is 5. The number of aryl methyl sites for hydroxylation is 3. The fraction of sp³-hybridized carbons (Fsp3) is 0.550. The van der Waals surface area contributed by atoms with Gasteiger partial charge in [0.15, 0.2) is 0 Å². The lowest BCUT2D eigenvalue weighted by molar-refractivity contribution is -0.140. The zero-order valence-electron chi connectivity index (χ0n) is 15.7. The van der Waals surface area contributed by atoms with Crippen LogP contribution in [0.1, 0.15) is 41.2 Å². The molecule has 2 bridgehead atoms. The average Bonchev–Trinajstić information content (AvgIpc) is 2.76. The van der Waals surface area contributed by atoms with Gasteiger partial charge in [0.05, 0.1) is 23.9 Å². The van der Waals surface area contributed by atoms with E-state index < -0.39 is 0 Å². The number of aromatic nitrogens is 2. The first-order valence-corrected chi connectivity index (χ1v) is 9.38. The molecule has 2 aromatic rings. The molecule has 3 saturated heterocycles. The lowest BCUT2D eigenvalue weighted by atomic mass is 9.93. The number of carbonyl (C=O) groups is 1. The Bertz CT molecular complexity index is 796. The standard InChI is InChI=1S/C20H26N4O2/c1-13-5-4-6-17(21-13)10-23-9-16-7-8-18(11-23)24(20(16)25)12-19-14(2)22-26-15(19)3/h4-6,16,18H,7-12H2,1-3H3/t16-,18+/m0/s1. The smallest absolute Gasteiger partial charge is 0.227 e. The zero-order valence-corrected chi connectivity index (χ0v) is 15.7. The number of fused-ring (bicyclic) bond motifs is 4. The van der Waals surface area contributed by atoms with Gasteiger partial charge in [-0.15, -0.1) is 0 Å². The number of amides is 1. The molecule has 5 heterocycles. The third-order valence-electron chi connectivity index (χ3n) is 5.71. The van der Waals surface area contributed by atoms with Gasteiger partial charge in [-0.25, -0.2) is 0 Å². The molecule has 0 radical (unpaired) electrons. The summed E-state index contributed by atoms with van der Waals surface area (Å²) in [7, 11) is 0. The van der Waals surface area contributed by atoms with Gasteiger partial charge in [0.25, 0.3) is 0 Å². The first-order valence-electron chi connectivity index (χ1n) is 9.38. The largest absolute Gasteiger partial charge is 0.361 e. The summed E-state index contributed by atoms with van der Waals surface area (Å²) >= 11 is 0. The van der Waals surface area contributed by atoms with Crippen LogP contribution < -0.4 is 0 Å². The van der Waals surface area contributed by atoms with Crippen LogP contribution in [0.25, 0.3) is 0 Å². The van der Waals surface area contributed by atoms with Crippen LogP contribution in [-0.2, 0) is 17.9 Å². The molecule has 0 unspecified atom stereocenters. The van der Waals surface area contributed by atoms with Crippen molar-refractivity contribution < 1.29 is 9.32 Å². The molecule has 0 spiro atoms. The van der Waals surface area contributed by atoms with Crippen molar-refractivity contribution in [2.75, 3.05) is 13.1 Å². The zero-order chi connectivity index (χ0) is 18.3. The van der Waals surface area contributed by atoms with Gasteiger partial charge in [-0.3, -0.25) is 14.7 Å². The average molecular weight is 354 g/mol. The molecule has 0 N–H and O–H groups in total. The Morgan fingerprint density at radius 2 is 2.00 bits per heavy atom. The summed E-state index contributed by atoms with van der Waals surface area (Å²) in [4.78, 5) is 22.1. The molecular weight excluding hydrogens is 328 g/mol. The van der Waals surface area contributed by atoms with E-state index in [9.17, 15) is 4.79 Å². The van der Waals surface area contributed by atoms with Crippen LogP contribution in [0, 0.1) is 26.7 Å². The normalized spacial score (nSPS) is 23.5. The third-order valence-corrected chi connectivity index (χ3v) is 5.71. The summed E-state index contributed by atoms with van der Waals surface area (Å²) < 4.78 is 5.29. The van der Waals surface area contributed by atoms with E-state index in [1.165, 1.54) is 0 Å². The van der Waals surface area contributed by atoms with Gasteiger partial charge in [-0.1, -0.05) is 11.2 Å². The molecule has 3 aliphatic rings. The molecule has 138 valence electrons. The fourth-order valence-corrected chi connectivity index (χ4v) is 4.28. The van der Waals surface area contributed by atoms with E-state index in [-0.39, 0.29) is 17.9 Å². The monoisotopic (exact) mass is 354 g/mol. The predicted molar refractivity (Wildman–Crippen MR) is 97.3 cm³/mol. The summed E-state index contributed by atoms with van der Waals surface area (Å²) in [6.45, 7) is 9.03. The molecule has 2 aromatic heterocycles. The minimum Gasteiger partial charge on any atom is -0.361 e. The number of carbonyl (C=O) groups excluding carboxylic acids is 1. The molecule has 0 saturated carbocycles. The second-order valence-electron chi connectivity index (χ2n) is 7.66. The Kier molecular flexibility index (Phi) is 4.53. The molecule has 6 heteroatoms. The van der Waals surface area contributed by atoms with Crippen LogP contribution in [0.15, 0.2) is 22.7 Å². The molecule has 1 amide bonds. The van der Waals surface area contributed by atoms with E-state index in [1.54, 1.807) is 0 Å². The van der Waals surface area contributed by atoms with Crippen molar-refractivity contribution in [2.45, 2.75) is 52.7 Å². The maximum absolute atomic E-state index is 13.0. The van der Waals surface area contributed by atoms with E-state index in [0.29, 0.717) is 6.54 Å². The highest BCUT2D eigenvalue weighted by Crippen LogP contribution is 2.31. The van der Waals surface area contributed by atoms with Gasteiger partial charge in [-0.05, 0) is 45.7 Å². The summed E-state index contributed by atoms with van der Waals surface area (Å²) in [6, 6.07) is 6.40. The lowest BCUT2D eigenvalue weighted by Crippen LogP contribution is -2.47. The fourth-order valence-electron chi connectivity index (χ4n) is 4.28. The Labute approximate surface area is 154 Å². The van der Waals surface area contributed by atoms with Crippen molar-refractivity contribution in [1.82, 2.24) is 19.9 Å². The van der Waals surface area contributed by atoms with Gasteiger partial charge in [-0.2, -0.15) is 0 Å². The Balaban J connectivity index is 1.53. The molecule has 0 aromatic carbocycles. The minimum absolute atomic E-state index is 0.0824. The van der Waals surface area contributed by atoms with E-state index in [4.69, 9.17) is 4.52 Å². The molecule has 2 atom stereocenters. The number of rotatable bonds is 4. The van der Waals surface area contributed by atoms with Gasteiger partial charge in [0.1, 0.15) is 5.76 Å². The van der Waals surface area contributed by atoms with Gasteiger partial charge in [0, 0.05) is 36.9 Å². The van der Waals surface area contributed by atoms with Crippen LogP contribution in [0.3, 0.4) is 0 Å². The van der Waals surface area contributed by atoms with Crippen molar-refractivity contribution in [3.63, 3.8) is 0 Å². The Morgan fingerprint density at radius 1 is 1.15 bits per heavy atom. The van der Waals surface area contributed by atoms with Crippen LogP contribution in [0.2, 0.25) is 0 Å². The molecule has 5 rings (SSSR count). The molecule has 26 heavy (non-hydrogen) atoms. The first kappa shape index (κ1) is 17.2. The van der Waals surface area contributed by atoms with Crippen molar-refractivity contribution in [1.29, 1.82) is 0 Å². The van der Waals surface area contributed by atoms with E-state index in [0.717, 1.165) is 60.9 Å². The summed E-state index contributed by atoms with van der Waals surface area (Å²) in [6.07, 6.45) is 2.05. The van der Waals surface area contributed by atoms with Crippen LogP contribution in [0.5, 0.6) is 0 Å². The van der Waals surface area contributed by atoms with Gasteiger partial charge in [0.2, 0.25) is 5.91 Å². The Hall–Kier alpha value is -2.21. The third kappa shape index (κ3) is 3.26. The van der Waals surface area contributed by atoms with Crippen LogP contribution in [-0.4, -0.2) is 45.0 Å². The molecule has 3 fully saturated rings. The van der Waals surface area contributed by atoms with Gasteiger partial charge < -0.3 is 9.42 Å². The predicted octanol–water partition coefficient (Wildman–Crippen LogP) is 2.62. The molecule has 3 aliphatic heterocycles. The highest BCUT2D eigenvalue weighted by Gasteiger charge is 2.41. The summed E-state index contributed by atoms with van der Waals surface area (Å²) in [5, 5.41) is 4.04. The number of pyridine rings is 1. The van der Waals surface area contributed by atoms with Crippen molar-refractivity contribution in [3.8, 4) is 0 Å². The second kappa shape index (κ2) is 6.83. The second-order valence-corrected chi connectivity index (χ2v) is 7.66. The maximum atomic E-state index is 13.0. The van der Waals surface area contributed by atoms with Crippen LogP contribution >= 0.6 is 0 Å². The van der Waals surface area contributed by atoms with Crippen molar-refractivity contribution >= 4 is 5.91 Å².